The molecule has 1 fully saturated rings. The van der Waals surface area contributed by atoms with E-state index in [1.165, 1.54) is 12.8 Å². The summed E-state index contributed by atoms with van der Waals surface area (Å²) in [6, 6.07) is 4.42. The monoisotopic (exact) mass is 249 g/mol. The second kappa shape index (κ2) is 6.05. The average Bonchev–Trinajstić information content (AvgIpc) is 2.39. The highest BCUT2D eigenvalue weighted by Gasteiger charge is 2.21. The molecule has 18 heavy (non-hydrogen) atoms. The van der Waals surface area contributed by atoms with Crippen LogP contribution in [-0.4, -0.2) is 37.3 Å². The topological polar surface area (TPSA) is 37.4 Å². The summed E-state index contributed by atoms with van der Waals surface area (Å²) < 4.78 is 5.83. The lowest BCUT2D eigenvalue weighted by atomic mass is 10.1. The molecule has 0 aromatic carbocycles. The quantitative estimate of drug-likeness (QED) is 0.886. The van der Waals surface area contributed by atoms with Gasteiger partial charge in [-0.1, -0.05) is 0 Å². The van der Waals surface area contributed by atoms with Crippen LogP contribution in [0.1, 0.15) is 26.7 Å². The fourth-order valence-electron chi connectivity index (χ4n) is 2.33. The van der Waals surface area contributed by atoms with Crippen LogP contribution in [0, 0.1) is 0 Å². The third-order valence-electron chi connectivity index (χ3n) is 3.27. The highest BCUT2D eigenvalue weighted by Crippen LogP contribution is 2.27. The van der Waals surface area contributed by atoms with Gasteiger partial charge in [-0.15, -0.1) is 0 Å². The first-order valence-corrected chi connectivity index (χ1v) is 6.73. The molecular weight excluding hydrogens is 226 g/mol. The van der Waals surface area contributed by atoms with Crippen molar-refractivity contribution in [3.63, 3.8) is 0 Å². The lowest BCUT2D eigenvalue weighted by molar-refractivity contribution is 0.241. The Kier molecular flexibility index (Phi) is 4.42. The third kappa shape index (κ3) is 3.13. The van der Waals surface area contributed by atoms with Gasteiger partial charge in [0, 0.05) is 25.8 Å². The smallest absolute Gasteiger partial charge is 0.171 e. The van der Waals surface area contributed by atoms with E-state index in [0.29, 0.717) is 6.04 Å². The van der Waals surface area contributed by atoms with Gasteiger partial charge in [-0.25, -0.2) is 4.98 Å². The van der Waals surface area contributed by atoms with Gasteiger partial charge in [0.25, 0.3) is 0 Å². The molecule has 0 aliphatic carbocycles. The summed E-state index contributed by atoms with van der Waals surface area (Å²) in [7, 11) is 2.10. The first-order chi connectivity index (χ1) is 8.68. The average molecular weight is 249 g/mol. The second-order valence-electron chi connectivity index (χ2n) is 5.10. The van der Waals surface area contributed by atoms with E-state index in [2.05, 4.69) is 22.2 Å². The molecule has 4 nitrogen and oxygen atoms in total. The van der Waals surface area contributed by atoms with E-state index in [0.717, 1.165) is 24.7 Å². The molecule has 2 rings (SSSR count). The van der Waals surface area contributed by atoms with Crippen LogP contribution in [0.25, 0.3) is 0 Å². The van der Waals surface area contributed by atoms with Crippen LogP contribution >= 0.6 is 0 Å². The van der Waals surface area contributed by atoms with Crippen LogP contribution in [0.3, 0.4) is 0 Å². The van der Waals surface area contributed by atoms with E-state index in [1.54, 1.807) is 0 Å². The second-order valence-corrected chi connectivity index (χ2v) is 5.10. The lowest BCUT2D eigenvalue weighted by Gasteiger charge is -2.33. The lowest BCUT2D eigenvalue weighted by Crippen LogP contribution is -2.44. The van der Waals surface area contributed by atoms with E-state index in [9.17, 15) is 0 Å². The van der Waals surface area contributed by atoms with Gasteiger partial charge in [0.05, 0.1) is 6.10 Å². The van der Waals surface area contributed by atoms with E-state index < -0.39 is 0 Å². The zero-order chi connectivity index (χ0) is 13.0. The molecule has 1 saturated heterocycles. The summed E-state index contributed by atoms with van der Waals surface area (Å²) in [4.78, 5) is 6.72. The van der Waals surface area contributed by atoms with Gasteiger partial charge in [-0.3, -0.25) is 0 Å². The van der Waals surface area contributed by atoms with Gasteiger partial charge >= 0.3 is 0 Å². The molecule has 0 saturated carbocycles. The van der Waals surface area contributed by atoms with Crippen LogP contribution in [0.2, 0.25) is 0 Å². The molecule has 0 spiro atoms. The van der Waals surface area contributed by atoms with Crippen molar-refractivity contribution in [2.45, 2.75) is 38.8 Å². The van der Waals surface area contributed by atoms with Crippen LogP contribution < -0.4 is 15.0 Å². The van der Waals surface area contributed by atoms with Crippen molar-refractivity contribution in [2.24, 2.45) is 0 Å². The van der Waals surface area contributed by atoms with Gasteiger partial charge in [0.1, 0.15) is 0 Å². The number of anilines is 1. The molecule has 1 N–H and O–H groups in total. The molecule has 1 unspecified atom stereocenters. The number of ether oxygens (including phenoxy) is 1. The molecule has 4 heteroatoms. The molecule has 2 heterocycles. The number of pyridine rings is 1. The molecule has 1 aromatic rings. The molecule has 0 bridgehead atoms. The van der Waals surface area contributed by atoms with E-state index in [-0.39, 0.29) is 6.10 Å². The van der Waals surface area contributed by atoms with Crippen molar-refractivity contribution < 1.29 is 4.74 Å². The number of nitrogens with zero attached hydrogens (tertiary/aromatic N) is 2. The molecule has 1 aliphatic heterocycles. The minimum Gasteiger partial charge on any atom is -0.487 e. The van der Waals surface area contributed by atoms with Crippen LogP contribution in [0.15, 0.2) is 18.3 Å². The molecular formula is C14H23N3O. The largest absolute Gasteiger partial charge is 0.487 e. The predicted octanol–water partition coefficient (Wildman–Crippen LogP) is 2.06. The molecule has 1 atom stereocenters. The molecule has 0 amide bonds. The zero-order valence-electron chi connectivity index (χ0n) is 11.5. The Bertz CT molecular complexity index is 375. The standard InChI is InChI=1S/C14H23N3O/c1-11(2)18-13-7-5-9-16-14(13)17(3)12-6-4-8-15-10-12/h5,7,9,11-12,15H,4,6,8,10H2,1-3H3. The minimum atomic E-state index is 0.172. The third-order valence-corrected chi connectivity index (χ3v) is 3.27. The maximum absolute atomic E-state index is 5.83. The van der Waals surface area contributed by atoms with Crippen LogP contribution in [0.5, 0.6) is 5.75 Å². The van der Waals surface area contributed by atoms with Gasteiger partial charge in [0.2, 0.25) is 0 Å². The number of hydrogen-bond acceptors (Lipinski definition) is 4. The minimum absolute atomic E-state index is 0.172. The number of piperidine rings is 1. The Balaban J connectivity index is 2.15. The van der Waals surface area contributed by atoms with Gasteiger partial charge in [0.15, 0.2) is 11.6 Å². The maximum Gasteiger partial charge on any atom is 0.171 e. The Labute approximate surface area is 109 Å². The summed E-state index contributed by atoms with van der Waals surface area (Å²) in [5, 5.41) is 3.44. The summed E-state index contributed by atoms with van der Waals surface area (Å²) in [5.74, 6) is 1.82. The molecule has 100 valence electrons. The van der Waals surface area contributed by atoms with Crippen molar-refractivity contribution in [1.82, 2.24) is 10.3 Å². The predicted molar refractivity (Wildman–Crippen MR) is 74.3 cm³/mol. The number of likely N-dealkylation sites (N-methyl/N-ethyl adjacent to an activating group) is 1. The van der Waals surface area contributed by atoms with E-state index in [4.69, 9.17) is 4.74 Å². The number of hydrogen-bond donors (Lipinski definition) is 1. The zero-order valence-corrected chi connectivity index (χ0v) is 11.5. The molecule has 1 aliphatic rings. The summed E-state index contributed by atoms with van der Waals surface area (Å²) >= 11 is 0. The summed E-state index contributed by atoms with van der Waals surface area (Å²) in [6.45, 7) is 6.23. The van der Waals surface area contributed by atoms with Crippen molar-refractivity contribution in [3.05, 3.63) is 18.3 Å². The number of rotatable bonds is 4. The normalized spacial score (nSPS) is 19.9. The van der Waals surface area contributed by atoms with E-state index in [1.807, 2.05) is 32.2 Å². The number of nitrogens with one attached hydrogen (secondary N) is 1. The van der Waals surface area contributed by atoms with Crippen molar-refractivity contribution >= 4 is 5.82 Å². The molecule has 1 aromatic heterocycles. The van der Waals surface area contributed by atoms with E-state index >= 15 is 0 Å². The SMILES string of the molecule is CC(C)Oc1cccnc1N(C)C1CCCNC1. The van der Waals surface area contributed by atoms with Crippen LogP contribution in [0.4, 0.5) is 5.82 Å². The van der Waals surface area contributed by atoms with Crippen molar-refractivity contribution in [2.75, 3.05) is 25.0 Å². The highest BCUT2D eigenvalue weighted by molar-refractivity contribution is 5.52. The Morgan fingerprint density at radius 1 is 1.50 bits per heavy atom. The van der Waals surface area contributed by atoms with Crippen molar-refractivity contribution in [3.8, 4) is 5.75 Å². The summed E-state index contributed by atoms with van der Waals surface area (Å²) in [5.41, 5.74) is 0. The van der Waals surface area contributed by atoms with Gasteiger partial charge in [-0.05, 0) is 45.4 Å². The van der Waals surface area contributed by atoms with Gasteiger partial charge in [-0.2, -0.15) is 0 Å². The van der Waals surface area contributed by atoms with Crippen molar-refractivity contribution in [1.29, 1.82) is 0 Å². The number of aromatic nitrogens is 1. The fraction of sp³-hybridized carbons (Fsp3) is 0.643. The summed E-state index contributed by atoms with van der Waals surface area (Å²) in [6.07, 6.45) is 4.43. The Morgan fingerprint density at radius 2 is 2.33 bits per heavy atom. The Hall–Kier alpha value is -1.29. The Morgan fingerprint density at radius 3 is 3.00 bits per heavy atom. The first kappa shape index (κ1) is 13.1. The van der Waals surface area contributed by atoms with Gasteiger partial charge < -0.3 is 15.0 Å². The molecule has 0 radical (unpaired) electrons. The fourth-order valence-corrected chi connectivity index (χ4v) is 2.33. The first-order valence-electron chi connectivity index (χ1n) is 6.73. The van der Waals surface area contributed by atoms with Crippen LogP contribution in [-0.2, 0) is 0 Å². The maximum atomic E-state index is 5.83. The highest BCUT2D eigenvalue weighted by atomic mass is 16.5.